The normalized spacial score (nSPS) is 18.9. The van der Waals surface area contributed by atoms with Gasteiger partial charge in [0.15, 0.2) is 5.54 Å². The van der Waals surface area contributed by atoms with Crippen molar-refractivity contribution in [2.24, 2.45) is 0 Å². The molecule has 1 unspecified atom stereocenters. The maximum absolute atomic E-state index is 15.3. The minimum atomic E-state index is -5.08. The number of amides is 1. The number of halogens is 4. The lowest BCUT2D eigenvalue weighted by atomic mass is 9.80. The van der Waals surface area contributed by atoms with E-state index in [-0.39, 0.29) is 10.6 Å². The number of hydrogen-bond donors (Lipinski definition) is 2. The summed E-state index contributed by atoms with van der Waals surface area (Å²) in [5.74, 6) is -2.03. The molecule has 0 bridgehead atoms. The largest absolute Gasteiger partial charge is 0.497 e. The van der Waals surface area contributed by atoms with Crippen LogP contribution in [0.5, 0.6) is 11.5 Å². The molecule has 1 fully saturated rings. The van der Waals surface area contributed by atoms with Crippen molar-refractivity contribution in [2.75, 3.05) is 31.6 Å². The van der Waals surface area contributed by atoms with E-state index in [9.17, 15) is 21.6 Å². The first-order valence-electron chi connectivity index (χ1n) is 16.1. The van der Waals surface area contributed by atoms with E-state index in [1.165, 1.54) is 25.5 Å². The predicted octanol–water partition coefficient (Wildman–Crippen LogP) is 6.29. The van der Waals surface area contributed by atoms with E-state index in [0.29, 0.717) is 53.0 Å². The van der Waals surface area contributed by atoms with Crippen LogP contribution in [0.15, 0.2) is 82.4 Å². The van der Waals surface area contributed by atoms with Gasteiger partial charge in [0, 0.05) is 29.2 Å². The van der Waals surface area contributed by atoms with Crippen molar-refractivity contribution in [2.45, 2.75) is 55.4 Å². The Hall–Kier alpha value is -4.64. The van der Waals surface area contributed by atoms with Crippen molar-refractivity contribution < 1.29 is 50.2 Å². The molecule has 52 heavy (non-hydrogen) atoms. The third-order valence-electron chi connectivity index (χ3n) is 8.73. The smallest absolute Gasteiger partial charge is 0.490 e. The summed E-state index contributed by atoms with van der Waals surface area (Å²) in [4.78, 5) is 30.6. The van der Waals surface area contributed by atoms with Gasteiger partial charge in [0.25, 0.3) is 15.9 Å². The maximum Gasteiger partial charge on any atom is 0.490 e. The molecule has 17 heteroatoms. The van der Waals surface area contributed by atoms with E-state index in [1.54, 1.807) is 43.6 Å². The van der Waals surface area contributed by atoms with E-state index in [0.717, 1.165) is 29.3 Å². The summed E-state index contributed by atoms with van der Waals surface area (Å²) in [5, 5.41) is 10.9. The van der Waals surface area contributed by atoms with E-state index in [4.69, 9.17) is 35.4 Å². The number of ether oxygens (including phenoxy) is 2. The fourth-order valence-corrected chi connectivity index (χ4v) is 8.14. The van der Waals surface area contributed by atoms with Gasteiger partial charge >= 0.3 is 12.1 Å². The molecule has 2 N–H and O–H groups in total. The van der Waals surface area contributed by atoms with Gasteiger partial charge in [-0.15, -0.1) is 0 Å². The fourth-order valence-electron chi connectivity index (χ4n) is 6.51. The summed E-state index contributed by atoms with van der Waals surface area (Å²) in [6.45, 7) is 4.02. The van der Waals surface area contributed by atoms with Crippen LogP contribution in [0, 0.1) is 0 Å². The number of anilines is 1. The fraction of sp³-hybridized carbons (Fsp3) is 0.343. The van der Waals surface area contributed by atoms with Crippen LogP contribution in [-0.4, -0.2) is 68.8 Å². The van der Waals surface area contributed by atoms with Crippen molar-refractivity contribution in [3.8, 4) is 11.5 Å². The first kappa shape index (κ1) is 38.6. The number of alkyl halides is 3. The average Bonchev–Trinajstić information content (AvgIpc) is 3.87. The molecular formula is C35H36ClF3N4O8S. The zero-order chi connectivity index (χ0) is 37.8. The lowest BCUT2D eigenvalue weighted by Crippen LogP contribution is -2.54. The number of methoxy groups -OCH3 is 2. The summed E-state index contributed by atoms with van der Waals surface area (Å²) < 4.78 is 78.5. The molecule has 1 saturated heterocycles. The van der Waals surface area contributed by atoms with E-state index in [1.807, 2.05) is 23.1 Å². The summed E-state index contributed by atoms with van der Waals surface area (Å²) in [7, 11) is -1.34. The van der Waals surface area contributed by atoms with Gasteiger partial charge in [0.1, 0.15) is 17.8 Å². The van der Waals surface area contributed by atoms with Gasteiger partial charge < -0.3 is 24.3 Å². The molecule has 1 amide bonds. The van der Waals surface area contributed by atoms with Crippen molar-refractivity contribution in [3.63, 3.8) is 0 Å². The van der Waals surface area contributed by atoms with Gasteiger partial charge in [-0.1, -0.05) is 30.7 Å². The quantitative estimate of drug-likeness (QED) is 0.166. The van der Waals surface area contributed by atoms with Crippen LogP contribution in [0.2, 0.25) is 5.02 Å². The Morgan fingerprint density at radius 3 is 2.40 bits per heavy atom. The zero-order valence-electron chi connectivity index (χ0n) is 28.3. The van der Waals surface area contributed by atoms with Crippen molar-refractivity contribution in [3.05, 3.63) is 101 Å². The van der Waals surface area contributed by atoms with Crippen LogP contribution in [-0.2, 0) is 31.7 Å². The number of carbonyl (C=O) groups is 2. The Morgan fingerprint density at radius 2 is 1.81 bits per heavy atom. The third-order valence-corrected chi connectivity index (χ3v) is 10.7. The number of carboxylic acid groups (broad SMARTS) is 1. The Kier molecular flexibility index (Phi) is 11.5. The number of benzene rings is 3. The number of nitrogens with one attached hydrogen (secondary N) is 1. The van der Waals surface area contributed by atoms with Crippen LogP contribution in [0.3, 0.4) is 0 Å². The average molecular weight is 765 g/mol. The highest BCUT2D eigenvalue weighted by Gasteiger charge is 2.62. The highest BCUT2D eigenvalue weighted by Crippen LogP contribution is 2.56. The lowest BCUT2D eigenvalue weighted by molar-refractivity contribution is -0.192. The van der Waals surface area contributed by atoms with Crippen LogP contribution in [0.1, 0.15) is 54.8 Å². The van der Waals surface area contributed by atoms with Gasteiger partial charge in [-0.05, 0) is 79.9 Å². The summed E-state index contributed by atoms with van der Waals surface area (Å²) >= 11 is 6.63. The van der Waals surface area contributed by atoms with Crippen molar-refractivity contribution in [1.29, 1.82) is 0 Å². The van der Waals surface area contributed by atoms with Crippen molar-refractivity contribution >= 4 is 39.2 Å². The molecule has 3 heterocycles. The first-order valence-corrected chi connectivity index (χ1v) is 17.9. The molecule has 6 rings (SSSR count). The third kappa shape index (κ3) is 7.20. The van der Waals surface area contributed by atoms with E-state index >= 15 is 4.79 Å². The molecular weight excluding hydrogens is 729 g/mol. The summed E-state index contributed by atoms with van der Waals surface area (Å²) in [5.41, 5.74) is 0.476. The highest BCUT2D eigenvalue weighted by molar-refractivity contribution is 7.93. The Morgan fingerprint density at radius 1 is 1.10 bits per heavy atom. The van der Waals surface area contributed by atoms with Crippen LogP contribution in [0.25, 0.3) is 0 Å². The van der Waals surface area contributed by atoms with Gasteiger partial charge in [-0.2, -0.15) is 13.2 Å². The van der Waals surface area contributed by atoms with Gasteiger partial charge in [0.05, 0.1) is 37.0 Å². The van der Waals surface area contributed by atoms with E-state index < -0.39 is 39.7 Å². The topological polar surface area (TPSA) is 152 Å². The molecule has 12 nitrogen and oxygen atoms in total. The SMILES string of the molecule is CCCNCc1ccc(C2(N3CCC[C@H]3c3ncco3)C(=O)N(S(=O)(=O)c3ccc(OC)cc3)c3ccc(Cl)cc32)c(OC)c1.O=C(O)C(F)(F)F. The molecule has 278 valence electrons. The van der Waals surface area contributed by atoms with E-state index in [2.05, 4.69) is 17.2 Å². The second-order valence-corrected chi connectivity index (χ2v) is 14.1. The number of aromatic nitrogens is 1. The Labute approximate surface area is 303 Å². The molecule has 1 aromatic heterocycles. The van der Waals surface area contributed by atoms with Crippen LogP contribution >= 0.6 is 11.6 Å². The summed E-state index contributed by atoms with van der Waals surface area (Å²) in [6.07, 6.45) is 0.348. The lowest BCUT2D eigenvalue weighted by Gasteiger charge is -2.41. The monoisotopic (exact) mass is 764 g/mol. The number of carboxylic acids is 1. The number of likely N-dealkylation sites (tertiary alicyclic amines) is 1. The number of fused-ring (bicyclic) bond motifs is 1. The minimum Gasteiger partial charge on any atom is -0.497 e. The Bertz CT molecular complexity index is 2010. The molecule has 4 aromatic rings. The molecule has 2 aliphatic rings. The predicted molar refractivity (Wildman–Crippen MR) is 184 cm³/mol. The number of rotatable bonds is 11. The van der Waals surface area contributed by atoms with Crippen molar-refractivity contribution in [1.82, 2.24) is 15.2 Å². The molecule has 2 atom stereocenters. The number of oxazole rings is 1. The second kappa shape index (κ2) is 15.5. The molecule has 0 spiro atoms. The highest BCUT2D eigenvalue weighted by atomic mass is 35.5. The molecule has 0 aliphatic carbocycles. The number of carbonyl (C=O) groups excluding carboxylic acids is 1. The molecule has 3 aromatic carbocycles. The van der Waals surface area contributed by atoms with Crippen LogP contribution < -0.4 is 19.1 Å². The van der Waals surface area contributed by atoms with Gasteiger partial charge in [0.2, 0.25) is 5.89 Å². The maximum atomic E-state index is 15.3. The number of aliphatic carboxylic acids is 1. The van der Waals surface area contributed by atoms with Crippen LogP contribution in [0.4, 0.5) is 18.9 Å². The Balaban J connectivity index is 0.000000679. The number of sulfonamides is 1. The standard InChI is InChI=1S/C33H35ClN4O6S.C2HF3O2/c1-4-15-35-21-22-7-13-26(30(19-22)43-3)33(37-17-5-6-29(37)31-36-16-18-44-31)27-20-23(34)8-14-28(27)38(32(33)39)45(40,41)25-11-9-24(42-2)10-12-25;3-2(4,5)1(6)7/h7-14,16,18-20,29,35H,4-6,15,17,21H2,1-3H3;(H,6,7)/t29-,33?;/m0./s1. The zero-order valence-corrected chi connectivity index (χ0v) is 29.9. The number of nitrogens with zero attached hydrogens (tertiary/aromatic N) is 3. The minimum absolute atomic E-state index is 0.0525. The molecule has 0 radical (unpaired) electrons. The first-order chi connectivity index (χ1) is 24.7. The molecule has 0 saturated carbocycles. The second-order valence-electron chi connectivity index (χ2n) is 11.9. The number of hydrogen-bond acceptors (Lipinski definition) is 10. The summed E-state index contributed by atoms with van der Waals surface area (Å²) in [6, 6.07) is 16.1. The molecule has 2 aliphatic heterocycles. The van der Waals surface area contributed by atoms with Gasteiger partial charge in [-0.25, -0.2) is 22.5 Å². The van der Waals surface area contributed by atoms with Gasteiger partial charge in [-0.3, -0.25) is 9.69 Å².